The largest absolute Gasteiger partial charge is 0.468 e. The lowest BCUT2D eigenvalue weighted by atomic mass is 10.2. The standard InChI is InChI=1S/C14H21NO2/c1-2-4-13(3-1)17-10-11-7-8-16-14(11)9-15-12-5-6-12/h7-8,12-13,15H,1-6,9-10H2. The summed E-state index contributed by atoms with van der Waals surface area (Å²) in [4.78, 5) is 0. The fourth-order valence-corrected chi connectivity index (χ4v) is 2.44. The first kappa shape index (κ1) is 11.3. The van der Waals surface area contributed by atoms with Gasteiger partial charge in [0.15, 0.2) is 0 Å². The van der Waals surface area contributed by atoms with Crippen LogP contribution < -0.4 is 5.32 Å². The third-order valence-corrected chi connectivity index (χ3v) is 3.74. The molecule has 0 atom stereocenters. The Morgan fingerprint density at radius 3 is 2.82 bits per heavy atom. The van der Waals surface area contributed by atoms with E-state index in [1.807, 2.05) is 6.07 Å². The second kappa shape index (κ2) is 5.23. The number of rotatable bonds is 6. The highest BCUT2D eigenvalue weighted by Crippen LogP contribution is 2.24. The van der Waals surface area contributed by atoms with Crippen LogP contribution in [0, 0.1) is 0 Å². The smallest absolute Gasteiger partial charge is 0.123 e. The van der Waals surface area contributed by atoms with Gasteiger partial charge >= 0.3 is 0 Å². The summed E-state index contributed by atoms with van der Waals surface area (Å²) in [5.74, 6) is 1.05. The SMILES string of the molecule is c1cc(COC2CCCC2)c(CNC2CC2)o1. The molecule has 0 spiro atoms. The molecule has 1 aromatic heterocycles. The summed E-state index contributed by atoms with van der Waals surface area (Å²) in [6.45, 7) is 1.56. The zero-order valence-corrected chi connectivity index (χ0v) is 10.3. The fraction of sp³-hybridized carbons (Fsp3) is 0.714. The van der Waals surface area contributed by atoms with E-state index in [9.17, 15) is 0 Å². The zero-order valence-electron chi connectivity index (χ0n) is 10.3. The predicted octanol–water partition coefficient (Wildman–Crippen LogP) is 2.99. The first-order valence-corrected chi connectivity index (χ1v) is 6.82. The van der Waals surface area contributed by atoms with Crippen molar-refractivity contribution in [1.82, 2.24) is 5.32 Å². The lowest BCUT2D eigenvalue weighted by Gasteiger charge is -2.11. The maximum absolute atomic E-state index is 5.92. The molecule has 1 aromatic rings. The summed E-state index contributed by atoms with van der Waals surface area (Å²) in [5.41, 5.74) is 1.21. The van der Waals surface area contributed by atoms with Crippen LogP contribution in [0.3, 0.4) is 0 Å². The van der Waals surface area contributed by atoms with Crippen LogP contribution in [0.25, 0.3) is 0 Å². The Bertz CT molecular complexity index is 351. The molecule has 3 nitrogen and oxygen atoms in total. The minimum Gasteiger partial charge on any atom is -0.468 e. The summed E-state index contributed by atoms with van der Waals surface area (Å²) < 4.78 is 11.4. The molecule has 0 aliphatic heterocycles. The summed E-state index contributed by atoms with van der Waals surface area (Å²) in [5, 5.41) is 3.48. The van der Waals surface area contributed by atoms with Crippen LogP contribution in [-0.4, -0.2) is 12.1 Å². The van der Waals surface area contributed by atoms with Gasteiger partial charge in [0.2, 0.25) is 0 Å². The Morgan fingerprint density at radius 1 is 1.24 bits per heavy atom. The lowest BCUT2D eigenvalue weighted by molar-refractivity contribution is 0.0448. The molecule has 3 heteroatoms. The number of nitrogens with one attached hydrogen (secondary N) is 1. The topological polar surface area (TPSA) is 34.4 Å². The molecule has 0 saturated heterocycles. The maximum atomic E-state index is 5.92. The molecule has 0 radical (unpaired) electrons. The van der Waals surface area contributed by atoms with Gasteiger partial charge in [0, 0.05) is 11.6 Å². The van der Waals surface area contributed by atoms with Crippen molar-refractivity contribution in [2.45, 2.75) is 63.8 Å². The molecule has 2 saturated carbocycles. The van der Waals surface area contributed by atoms with E-state index in [0.29, 0.717) is 12.7 Å². The molecule has 3 rings (SSSR count). The first-order valence-electron chi connectivity index (χ1n) is 6.82. The summed E-state index contributed by atoms with van der Waals surface area (Å²) in [6, 6.07) is 2.77. The van der Waals surface area contributed by atoms with Crippen LogP contribution in [0.2, 0.25) is 0 Å². The summed E-state index contributed by atoms with van der Waals surface area (Å²) in [6.07, 6.45) is 9.99. The Morgan fingerprint density at radius 2 is 2.06 bits per heavy atom. The van der Waals surface area contributed by atoms with Crippen molar-refractivity contribution in [2.75, 3.05) is 0 Å². The van der Waals surface area contributed by atoms with Crippen molar-refractivity contribution in [2.24, 2.45) is 0 Å². The molecule has 0 amide bonds. The first-order chi connectivity index (χ1) is 8.42. The molecule has 2 aliphatic carbocycles. The van der Waals surface area contributed by atoms with Gasteiger partial charge in [-0.15, -0.1) is 0 Å². The van der Waals surface area contributed by atoms with Gasteiger partial charge < -0.3 is 14.5 Å². The molecule has 1 heterocycles. The monoisotopic (exact) mass is 235 g/mol. The van der Waals surface area contributed by atoms with Crippen LogP contribution in [0.1, 0.15) is 49.8 Å². The average molecular weight is 235 g/mol. The van der Waals surface area contributed by atoms with E-state index in [1.54, 1.807) is 6.26 Å². The molecule has 0 unspecified atom stereocenters. The van der Waals surface area contributed by atoms with Crippen molar-refractivity contribution in [1.29, 1.82) is 0 Å². The average Bonchev–Trinajstić information content (AvgIpc) is 2.86. The second-order valence-electron chi connectivity index (χ2n) is 5.24. The molecule has 94 valence electrons. The third-order valence-electron chi connectivity index (χ3n) is 3.74. The van der Waals surface area contributed by atoms with E-state index in [2.05, 4.69) is 5.32 Å². The maximum Gasteiger partial charge on any atom is 0.123 e. The third kappa shape index (κ3) is 3.11. The Labute approximate surface area is 103 Å². The van der Waals surface area contributed by atoms with Crippen LogP contribution in [-0.2, 0) is 17.9 Å². The quantitative estimate of drug-likeness (QED) is 0.823. The molecule has 0 aromatic carbocycles. The Balaban J connectivity index is 1.48. The molecule has 0 bridgehead atoms. The van der Waals surface area contributed by atoms with Crippen LogP contribution in [0.4, 0.5) is 0 Å². The zero-order chi connectivity index (χ0) is 11.5. The molecule has 2 aliphatic rings. The molecule has 17 heavy (non-hydrogen) atoms. The highest BCUT2D eigenvalue weighted by atomic mass is 16.5. The van der Waals surface area contributed by atoms with Gasteiger partial charge in [-0.1, -0.05) is 12.8 Å². The van der Waals surface area contributed by atoms with Crippen molar-refractivity contribution in [3.05, 3.63) is 23.7 Å². The number of hydrogen-bond acceptors (Lipinski definition) is 3. The van der Waals surface area contributed by atoms with Crippen molar-refractivity contribution >= 4 is 0 Å². The van der Waals surface area contributed by atoms with Crippen molar-refractivity contribution in [3.8, 4) is 0 Å². The fourth-order valence-electron chi connectivity index (χ4n) is 2.44. The van der Waals surface area contributed by atoms with Gasteiger partial charge in [-0.3, -0.25) is 0 Å². The number of ether oxygens (including phenoxy) is 1. The molecular formula is C14H21NO2. The Hall–Kier alpha value is -0.800. The Kier molecular flexibility index (Phi) is 3.48. The minimum absolute atomic E-state index is 0.481. The van der Waals surface area contributed by atoms with E-state index in [1.165, 1.54) is 44.1 Å². The van der Waals surface area contributed by atoms with E-state index in [0.717, 1.165) is 18.3 Å². The second-order valence-corrected chi connectivity index (χ2v) is 5.24. The van der Waals surface area contributed by atoms with Crippen molar-refractivity contribution < 1.29 is 9.15 Å². The number of hydrogen-bond donors (Lipinski definition) is 1. The summed E-state index contributed by atoms with van der Waals surface area (Å²) in [7, 11) is 0. The molecule has 2 fully saturated rings. The predicted molar refractivity (Wildman–Crippen MR) is 65.6 cm³/mol. The van der Waals surface area contributed by atoms with Crippen LogP contribution in [0.15, 0.2) is 16.7 Å². The van der Waals surface area contributed by atoms with Gasteiger partial charge in [-0.25, -0.2) is 0 Å². The van der Waals surface area contributed by atoms with E-state index in [4.69, 9.17) is 9.15 Å². The normalized spacial score (nSPS) is 21.2. The van der Waals surface area contributed by atoms with Gasteiger partial charge in [0.25, 0.3) is 0 Å². The van der Waals surface area contributed by atoms with Gasteiger partial charge in [0.1, 0.15) is 5.76 Å². The lowest BCUT2D eigenvalue weighted by Crippen LogP contribution is -2.16. The van der Waals surface area contributed by atoms with Crippen LogP contribution >= 0.6 is 0 Å². The highest BCUT2D eigenvalue weighted by Gasteiger charge is 2.21. The molecule has 1 N–H and O–H groups in total. The summed E-state index contributed by atoms with van der Waals surface area (Å²) >= 11 is 0. The van der Waals surface area contributed by atoms with Gasteiger partial charge in [0.05, 0.1) is 25.5 Å². The van der Waals surface area contributed by atoms with Crippen molar-refractivity contribution in [3.63, 3.8) is 0 Å². The highest BCUT2D eigenvalue weighted by molar-refractivity contribution is 5.16. The molecular weight excluding hydrogens is 214 g/mol. The van der Waals surface area contributed by atoms with Gasteiger partial charge in [-0.2, -0.15) is 0 Å². The van der Waals surface area contributed by atoms with E-state index >= 15 is 0 Å². The van der Waals surface area contributed by atoms with E-state index < -0.39 is 0 Å². The van der Waals surface area contributed by atoms with E-state index in [-0.39, 0.29) is 0 Å². The van der Waals surface area contributed by atoms with Gasteiger partial charge in [-0.05, 0) is 31.7 Å². The number of furan rings is 1. The van der Waals surface area contributed by atoms with Crippen LogP contribution in [0.5, 0.6) is 0 Å². The minimum atomic E-state index is 0.481.